The molecule has 1 amide bonds. The van der Waals surface area contributed by atoms with Crippen LogP contribution < -0.4 is 14.8 Å². The SMILES string of the molecule is COc1ccccc1Oc1ccc(S(=O)(=O)N2CCCCC2)cc1NC(=O)c1ccccn1. The summed E-state index contributed by atoms with van der Waals surface area (Å²) < 4.78 is 39.2. The molecule has 0 atom stereocenters. The average molecular weight is 468 g/mol. The molecular formula is C24H25N3O5S. The Kier molecular flexibility index (Phi) is 6.90. The molecule has 1 fully saturated rings. The first-order valence-electron chi connectivity index (χ1n) is 10.7. The lowest BCUT2D eigenvalue weighted by Gasteiger charge is -2.26. The topological polar surface area (TPSA) is 97.8 Å². The summed E-state index contributed by atoms with van der Waals surface area (Å²) in [6.45, 7) is 0.967. The average Bonchev–Trinajstić information content (AvgIpc) is 2.86. The van der Waals surface area contributed by atoms with Gasteiger partial charge >= 0.3 is 0 Å². The van der Waals surface area contributed by atoms with E-state index in [0.717, 1.165) is 19.3 Å². The molecule has 0 bridgehead atoms. The van der Waals surface area contributed by atoms with Crippen molar-refractivity contribution in [3.8, 4) is 17.2 Å². The Morgan fingerprint density at radius 1 is 0.939 bits per heavy atom. The first kappa shape index (κ1) is 22.8. The Labute approximate surface area is 193 Å². The minimum absolute atomic E-state index is 0.0908. The number of sulfonamides is 1. The minimum atomic E-state index is -3.70. The monoisotopic (exact) mass is 467 g/mol. The molecule has 0 saturated carbocycles. The second-order valence-electron chi connectivity index (χ2n) is 7.54. The molecule has 0 aliphatic carbocycles. The van der Waals surface area contributed by atoms with Crippen molar-refractivity contribution in [3.63, 3.8) is 0 Å². The molecule has 2 heterocycles. The van der Waals surface area contributed by atoms with Crippen LogP contribution in [0.5, 0.6) is 17.2 Å². The predicted molar refractivity (Wildman–Crippen MR) is 124 cm³/mol. The highest BCUT2D eigenvalue weighted by Crippen LogP contribution is 2.37. The zero-order valence-electron chi connectivity index (χ0n) is 18.2. The summed E-state index contributed by atoms with van der Waals surface area (Å²) in [6.07, 6.45) is 4.19. The number of methoxy groups -OCH3 is 1. The highest BCUT2D eigenvalue weighted by Gasteiger charge is 2.27. The number of para-hydroxylation sites is 2. The molecule has 2 aromatic carbocycles. The molecule has 172 valence electrons. The Bertz CT molecular complexity index is 1230. The summed E-state index contributed by atoms with van der Waals surface area (Å²) in [5.41, 5.74) is 0.416. The summed E-state index contributed by atoms with van der Waals surface area (Å²) in [5.74, 6) is 0.735. The maximum absolute atomic E-state index is 13.2. The maximum Gasteiger partial charge on any atom is 0.274 e. The number of carbonyl (C=O) groups is 1. The number of anilines is 1. The number of amides is 1. The van der Waals surface area contributed by atoms with Gasteiger partial charge in [0, 0.05) is 19.3 Å². The number of carbonyl (C=O) groups excluding carboxylic acids is 1. The third kappa shape index (κ3) is 5.15. The van der Waals surface area contributed by atoms with E-state index in [2.05, 4.69) is 10.3 Å². The van der Waals surface area contributed by atoms with E-state index >= 15 is 0 Å². The third-order valence-electron chi connectivity index (χ3n) is 5.34. The van der Waals surface area contributed by atoms with Gasteiger partial charge in [0.15, 0.2) is 17.2 Å². The van der Waals surface area contributed by atoms with Crippen molar-refractivity contribution < 1.29 is 22.7 Å². The van der Waals surface area contributed by atoms with Crippen molar-refractivity contribution in [2.24, 2.45) is 0 Å². The van der Waals surface area contributed by atoms with Gasteiger partial charge in [0.05, 0.1) is 17.7 Å². The fraction of sp³-hybridized carbons (Fsp3) is 0.250. The number of piperidine rings is 1. The number of pyridine rings is 1. The van der Waals surface area contributed by atoms with Crippen molar-refractivity contribution in [2.45, 2.75) is 24.2 Å². The molecule has 0 unspecified atom stereocenters. The minimum Gasteiger partial charge on any atom is -0.493 e. The van der Waals surface area contributed by atoms with Crippen LogP contribution in [0.25, 0.3) is 0 Å². The van der Waals surface area contributed by atoms with E-state index in [0.29, 0.717) is 24.6 Å². The van der Waals surface area contributed by atoms with Crippen molar-refractivity contribution in [1.82, 2.24) is 9.29 Å². The zero-order valence-corrected chi connectivity index (χ0v) is 19.0. The molecule has 1 aromatic heterocycles. The second kappa shape index (κ2) is 10.0. The third-order valence-corrected chi connectivity index (χ3v) is 7.23. The van der Waals surface area contributed by atoms with Crippen LogP contribution in [0.4, 0.5) is 5.69 Å². The number of ether oxygens (including phenoxy) is 2. The molecule has 1 N–H and O–H groups in total. The molecular weight excluding hydrogens is 442 g/mol. The molecule has 1 aliphatic heterocycles. The fourth-order valence-corrected chi connectivity index (χ4v) is 5.16. The number of aromatic nitrogens is 1. The van der Waals surface area contributed by atoms with Crippen LogP contribution in [0.15, 0.2) is 71.8 Å². The second-order valence-corrected chi connectivity index (χ2v) is 9.48. The van der Waals surface area contributed by atoms with E-state index in [4.69, 9.17) is 9.47 Å². The Morgan fingerprint density at radius 2 is 1.67 bits per heavy atom. The summed E-state index contributed by atoms with van der Waals surface area (Å²) in [4.78, 5) is 16.9. The lowest BCUT2D eigenvalue weighted by molar-refractivity contribution is 0.102. The number of rotatable bonds is 7. The normalized spacial score (nSPS) is 14.5. The number of hydrogen-bond donors (Lipinski definition) is 1. The lowest BCUT2D eigenvalue weighted by Crippen LogP contribution is -2.35. The van der Waals surface area contributed by atoms with Crippen LogP contribution in [0.1, 0.15) is 29.8 Å². The number of hydrogen-bond acceptors (Lipinski definition) is 6. The van der Waals surface area contributed by atoms with Crippen LogP contribution in [-0.2, 0) is 10.0 Å². The van der Waals surface area contributed by atoms with E-state index in [-0.39, 0.29) is 22.0 Å². The first-order chi connectivity index (χ1) is 16.0. The van der Waals surface area contributed by atoms with Crippen molar-refractivity contribution in [2.75, 3.05) is 25.5 Å². The molecule has 3 aromatic rings. The van der Waals surface area contributed by atoms with E-state index in [1.54, 1.807) is 36.4 Å². The van der Waals surface area contributed by atoms with Gasteiger partial charge in [0.25, 0.3) is 5.91 Å². The standard InChI is InChI=1S/C24H25N3O5S/c1-31-22-10-3-4-11-23(22)32-21-13-12-18(33(29,30)27-15-7-2-8-16-27)17-20(21)26-24(28)19-9-5-6-14-25-19/h3-6,9-14,17H,2,7-8,15-16H2,1H3,(H,26,28). The molecule has 1 aliphatic rings. The molecule has 0 radical (unpaired) electrons. The van der Waals surface area contributed by atoms with Gasteiger partial charge in [-0.2, -0.15) is 4.31 Å². The van der Waals surface area contributed by atoms with Crippen LogP contribution in [0, 0.1) is 0 Å². The molecule has 1 saturated heterocycles. The number of benzene rings is 2. The van der Waals surface area contributed by atoms with Crippen molar-refractivity contribution in [3.05, 3.63) is 72.6 Å². The predicted octanol–water partition coefficient (Wildman–Crippen LogP) is 4.31. The smallest absolute Gasteiger partial charge is 0.274 e. The molecule has 4 rings (SSSR count). The van der Waals surface area contributed by atoms with Gasteiger partial charge < -0.3 is 14.8 Å². The summed E-state index contributed by atoms with van der Waals surface area (Å²) in [7, 11) is -2.17. The Morgan fingerprint density at radius 3 is 2.36 bits per heavy atom. The highest BCUT2D eigenvalue weighted by atomic mass is 32.2. The quantitative estimate of drug-likeness (QED) is 0.556. The van der Waals surface area contributed by atoms with Gasteiger partial charge in [-0.3, -0.25) is 9.78 Å². The number of nitrogens with zero attached hydrogens (tertiary/aromatic N) is 2. The Balaban J connectivity index is 1.71. The molecule has 33 heavy (non-hydrogen) atoms. The summed E-state index contributed by atoms with van der Waals surface area (Å²) in [5, 5.41) is 2.75. The summed E-state index contributed by atoms with van der Waals surface area (Å²) >= 11 is 0. The molecule has 0 spiro atoms. The van der Waals surface area contributed by atoms with E-state index in [9.17, 15) is 13.2 Å². The number of nitrogens with one attached hydrogen (secondary N) is 1. The van der Waals surface area contributed by atoms with Gasteiger partial charge in [-0.25, -0.2) is 8.42 Å². The zero-order chi connectivity index (χ0) is 23.3. The van der Waals surface area contributed by atoms with Gasteiger partial charge in [-0.1, -0.05) is 24.6 Å². The van der Waals surface area contributed by atoms with Gasteiger partial charge in [0.2, 0.25) is 10.0 Å². The van der Waals surface area contributed by atoms with E-state index < -0.39 is 15.9 Å². The fourth-order valence-electron chi connectivity index (χ4n) is 3.62. The first-order valence-corrected chi connectivity index (χ1v) is 12.1. The van der Waals surface area contributed by atoms with Gasteiger partial charge in [-0.05, 0) is 55.3 Å². The largest absolute Gasteiger partial charge is 0.493 e. The van der Waals surface area contributed by atoms with E-state index in [1.807, 2.05) is 6.07 Å². The lowest BCUT2D eigenvalue weighted by atomic mass is 10.2. The van der Waals surface area contributed by atoms with Crippen molar-refractivity contribution >= 4 is 21.6 Å². The van der Waals surface area contributed by atoms with Crippen LogP contribution in [-0.4, -0.2) is 43.8 Å². The molecule has 8 nitrogen and oxygen atoms in total. The highest BCUT2D eigenvalue weighted by molar-refractivity contribution is 7.89. The summed E-state index contributed by atoms with van der Waals surface area (Å²) in [6, 6.07) is 16.5. The van der Waals surface area contributed by atoms with Gasteiger partial charge in [-0.15, -0.1) is 0 Å². The van der Waals surface area contributed by atoms with Crippen LogP contribution in [0.2, 0.25) is 0 Å². The molecule has 9 heteroatoms. The maximum atomic E-state index is 13.2. The van der Waals surface area contributed by atoms with Crippen LogP contribution in [0.3, 0.4) is 0 Å². The van der Waals surface area contributed by atoms with Crippen LogP contribution >= 0.6 is 0 Å². The van der Waals surface area contributed by atoms with Gasteiger partial charge in [0.1, 0.15) is 5.69 Å². The van der Waals surface area contributed by atoms with Crippen molar-refractivity contribution in [1.29, 1.82) is 0 Å². The Hall–Kier alpha value is -3.43. The van der Waals surface area contributed by atoms with E-state index in [1.165, 1.54) is 35.8 Å².